The van der Waals surface area contributed by atoms with Crippen LogP contribution in [0.25, 0.3) is 0 Å². The smallest absolute Gasteiger partial charge is 0.171 e. The summed E-state index contributed by atoms with van der Waals surface area (Å²) in [6.07, 6.45) is 1.65. The van der Waals surface area contributed by atoms with Gasteiger partial charge in [-0.05, 0) is 43.7 Å². The van der Waals surface area contributed by atoms with Gasteiger partial charge in [0.25, 0.3) is 0 Å². The van der Waals surface area contributed by atoms with Crippen molar-refractivity contribution in [2.75, 3.05) is 0 Å². The first kappa shape index (κ1) is 12.4. The molecule has 1 heterocycles. The maximum Gasteiger partial charge on any atom is 0.171 e. The summed E-state index contributed by atoms with van der Waals surface area (Å²) in [4.78, 5) is 16.5. The molecule has 0 spiro atoms. The molecule has 2 rings (SSSR count). The largest absolute Gasteiger partial charge is 0.293 e. The standard InChI is InChI=1S/C15H14FNO/c1-10-6-7-12(16)9-13(10)15(18)11(2)14-5-3-4-8-17-14/h3-9,11H,1-2H3. The number of benzene rings is 1. The fraction of sp³-hybridized carbons (Fsp3) is 0.200. The Bertz CT molecular complexity index is 566. The van der Waals surface area contributed by atoms with Gasteiger partial charge in [-0.15, -0.1) is 0 Å². The zero-order chi connectivity index (χ0) is 13.1. The van der Waals surface area contributed by atoms with Crippen molar-refractivity contribution >= 4 is 5.78 Å². The van der Waals surface area contributed by atoms with Crippen LogP contribution in [-0.2, 0) is 0 Å². The van der Waals surface area contributed by atoms with Crippen LogP contribution in [0.15, 0.2) is 42.6 Å². The minimum Gasteiger partial charge on any atom is -0.293 e. The Balaban J connectivity index is 2.34. The Morgan fingerprint density at radius 2 is 2.06 bits per heavy atom. The summed E-state index contributed by atoms with van der Waals surface area (Å²) in [7, 11) is 0. The molecule has 1 aromatic heterocycles. The molecule has 1 atom stereocenters. The molecule has 1 aromatic carbocycles. The number of carbonyl (C=O) groups is 1. The summed E-state index contributed by atoms with van der Waals surface area (Å²) in [5.74, 6) is -0.866. The van der Waals surface area contributed by atoms with Crippen LogP contribution in [0.4, 0.5) is 4.39 Å². The molecule has 0 saturated carbocycles. The molecule has 0 saturated heterocycles. The van der Waals surface area contributed by atoms with E-state index in [0.29, 0.717) is 11.3 Å². The van der Waals surface area contributed by atoms with E-state index in [2.05, 4.69) is 4.98 Å². The molecule has 2 nitrogen and oxygen atoms in total. The fourth-order valence-electron chi connectivity index (χ4n) is 1.86. The van der Waals surface area contributed by atoms with Crippen molar-refractivity contribution in [1.29, 1.82) is 0 Å². The number of rotatable bonds is 3. The van der Waals surface area contributed by atoms with Crippen molar-refractivity contribution in [3.8, 4) is 0 Å². The van der Waals surface area contributed by atoms with Crippen LogP contribution in [0.1, 0.15) is 34.5 Å². The van der Waals surface area contributed by atoms with E-state index < -0.39 is 5.82 Å². The number of nitrogens with zero attached hydrogens (tertiary/aromatic N) is 1. The quantitative estimate of drug-likeness (QED) is 0.772. The maximum absolute atomic E-state index is 13.2. The number of ketones is 1. The molecule has 92 valence electrons. The van der Waals surface area contributed by atoms with E-state index in [9.17, 15) is 9.18 Å². The van der Waals surface area contributed by atoms with Gasteiger partial charge in [0.15, 0.2) is 5.78 Å². The number of pyridine rings is 1. The van der Waals surface area contributed by atoms with Crippen LogP contribution in [-0.4, -0.2) is 10.8 Å². The summed E-state index contributed by atoms with van der Waals surface area (Å²) in [5, 5.41) is 0. The highest BCUT2D eigenvalue weighted by atomic mass is 19.1. The lowest BCUT2D eigenvalue weighted by atomic mass is 9.93. The average molecular weight is 243 g/mol. The van der Waals surface area contributed by atoms with Crippen molar-refractivity contribution < 1.29 is 9.18 Å². The summed E-state index contributed by atoms with van der Waals surface area (Å²) in [6.45, 7) is 3.59. The first-order valence-electron chi connectivity index (χ1n) is 5.81. The number of hydrogen-bond acceptors (Lipinski definition) is 2. The van der Waals surface area contributed by atoms with Gasteiger partial charge in [0, 0.05) is 11.8 Å². The molecule has 0 aliphatic heterocycles. The molecule has 0 fully saturated rings. The highest BCUT2D eigenvalue weighted by Crippen LogP contribution is 2.21. The summed E-state index contributed by atoms with van der Waals surface area (Å²) in [6, 6.07) is 9.71. The van der Waals surface area contributed by atoms with Crippen molar-refractivity contribution in [3.63, 3.8) is 0 Å². The monoisotopic (exact) mass is 243 g/mol. The zero-order valence-electron chi connectivity index (χ0n) is 10.4. The highest BCUT2D eigenvalue weighted by Gasteiger charge is 2.20. The second kappa shape index (κ2) is 5.08. The molecule has 0 N–H and O–H groups in total. The number of carbonyl (C=O) groups excluding carboxylic acids is 1. The van der Waals surface area contributed by atoms with Crippen LogP contribution in [0, 0.1) is 12.7 Å². The summed E-state index contributed by atoms with van der Waals surface area (Å²) < 4.78 is 13.2. The van der Waals surface area contributed by atoms with Crippen molar-refractivity contribution in [3.05, 3.63) is 65.2 Å². The van der Waals surface area contributed by atoms with Gasteiger partial charge >= 0.3 is 0 Å². The zero-order valence-corrected chi connectivity index (χ0v) is 10.4. The Hall–Kier alpha value is -2.03. The first-order chi connectivity index (χ1) is 8.59. The van der Waals surface area contributed by atoms with E-state index >= 15 is 0 Å². The number of Topliss-reactive ketones (excluding diaryl/α,β-unsaturated/α-hetero) is 1. The third kappa shape index (κ3) is 2.45. The van der Waals surface area contributed by atoms with Gasteiger partial charge in [-0.3, -0.25) is 9.78 Å². The van der Waals surface area contributed by atoms with Crippen LogP contribution in [0.3, 0.4) is 0 Å². The van der Waals surface area contributed by atoms with Crippen molar-refractivity contribution in [2.45, 2.75) is 19.8 Å². The molecule has 0 aliphatic rings. The lowest BCUT2D eigenvalue weighted by Crippen LogP contribution is -2.12. The van der Waals surface area contributed by atoms with Gasteiger partial charge in [-0.25, -0.2) is 4.39 Å². The molecule has 0 aliphatic carbocycles. The number of hydrogen-bond donors (Lipinski definition) is 0. The third-order valence-electron chi connectivity index (χ3n) is 2.99. The second-order valence-electron chi connectivity index (χ2n) is 4.30. The first-order valence-corrected chi connectivity index (χ1v) is 5.81. The third-order valence-corrected chi connectivity index (χ3v) is 2.99. The van der Waals surface area contributed by atoms with Gasteiger partial charge in [0.05, 0.1) is 11.6 Å². The Morgan fingerprint density at radius 3 is 2.72 bits per heavy atom. The van der Waals surface area contributed by atoms with E-state index in [4.69, 9.17) is 0 Å². The summed E-state index contributed by atoms with van der Waals surface area (Å²) in [5.41, 5.74) is 1.91. The maximum atomic E-state index is 13.2. The molecule has 0 amide bonds. The van der Waals surface area contributed by atoms with Crippen LogP contribution >= 0.6 is 0 Å². The average Bonchev–Trinajstić information content (AvgIpc) is 2.41. The lowest BCUT2D eigenvalue weighted by molar-refractivity contribution is 0.0963. The molecule has 2 aromatic rings. The molecule has 1 unspecified atom stereocenters. The molecular formula is C15H14FNO. The molecule has 18 heavy (non-hydrogen) atoms. The highest BCUT2D eigenvalue weighted by molar-refractivity contribution is 6.01. The minimum atomic E-state index is -0.392. The minimum absolute atomic E-state index is 0.106. The van der Waals surface area contributed by atoms with Gasteiger partial charge in [-0.1, -0.05) is 12.1 Å². The Labute approximate surface area is 105 Å². The predicted molar refractivity (Wildman–Crippen MR) is 68.1 cm³/mol. The van der Waals surface area contributed by atoms with E-state index in [1.165, 1.54) is 12.1 Å². The van der Waals surface area contributed by atoms with Gasteiger partial charge in [0.1, 0.15) is 5.82 Å². The van der Waals surface area contributed by atoms with Gasteiger partial charge in [-0.2, -0.15) is 0 Å². The van der Waals surface area contributed by atoms with Gasteiger partial charge < -0.3 is 0 Å². The molecule has 0 radical (unpaired) electrons. The normalized spacial score (nSPS) is 12.2. The number of aromatic nitrogens is 1. The molecule has 3 heteroatoms. The SMILES string of the molecule is Cc1ccc(F)cc1C(=O)C(C)c1ccccn1. The predicted octanol–water partition coefficient (Wildman–Crippen LogP) is 3.52. The van der Waals surface area contributed by atoms with Crippen LogP contribution in [0.2, 0.25) is 0 Å². The van der Waals surface area contributed by atoms with E-state index in [1.54, 1.807) is 38.2 Å². The molecular weight excluding hydrogens is 229 g/mol. The second-order valence-corrected chi connectivity index (χ2v) is 4.30. The fourth-order valence-corrected chi connectivity index (χ4v) is 1.86. The van der Waals surface area contributed by atoms with Gasteiger partial charge in [0.2, 0.25) is 0 Å². The Morgan fingerprint density at radius 1 is 1.28 bits per heavy atom. The van der Waals surface area contributed by atoms with E-state index in [0.717, 1.165) is 5.56 Å². The molecule has 0 bridgehead atoms. The topological polar surface area (TPSA) is 30.0 Å². The summed E-state index contributed by atoms with van der Waals surface area (Å²) >= 11 is 0. The van der Waals surface area contributed by atoms with Crippen LogP contribution < -0.4 is 0 Å². The van der Waals surface area contributed by atoms with E-state index in [-0.39, 0.29) is 11.7 Å². The van der Waals surface area contributed by atoms with Crippen molar-refractivity contribution in [1.82, 2.24) is 4.98 Å². The van der Waals surface area contributed by atoms with Crippen molar-refractivity contribution in [2.24, 2.45) is 0 Å². The lowest BCUT2D eigenvalue weighted by Gasteiger charge is -2.11. The van der Waals surface area contributed by atoms with Crippen LogP contribution in [0.5, 0.6) is 0 Å². The Kier molecular flexibility index (Phi) is 3.51. The number of aryl methyl sites for hydroxylation is 1. The number of halogens is 1. The van der Waals surface area contributed by atoms with E-state index in [1.807, 2.05) is 6.07 Å².